The van der Waals surface area contributed by atoms with Gasteiger partial charge < -0.3 is 10.2 Å². The highest BCUT2D eigenvalue weighted by Gasteiger charge is 2.56. The second-order valence-corrected chi connectivity index (χ2v) is 6.73. The summed E-state index contributed by atoms with van der Waals surface area (Å²) in [5.74, 6) is -2.67. The summed E-state index contributed by atoms with van der Waals surface area (Å²) in [6.45, 7) is 0. The summed E-state index contributed by atoms with van der Waals surface area (Å²) in [7, 11) is 0. The van der Waals surface area contributed by atoms with E-state index in [1.807, 2.05) is 12.2 Å². The number of nitro groups is 1. The minimum absolute atomic E-state index is 0.0322. The number of imide groups is 1. The predicted molar refractivity (Wildman–Crippen MR) is 88.2 cm³/mol. The molecule has 2 bridgehead atoms. The van der Waals surface area contributed by atoms with E-state index < -0.39 is 33.9 Å². The van der Waals surface area contributed by atoms with Crippen LogP contribution in [-0.4, -0.2) is 38.2 Å². The number of nitrogens with zero attached hydrogens (tertiary/aromatic N) is 3. The Kier molecular flexibility index (Phi) is 3.53. The molecule has 1 aliphatic heterocycles. The lowest BCUT2D eigenvalue weighted by molar-refractivity contribution is -0.385. The van der Waals surface area contributed by atoms with E-state index in [0.717, 1.165) is 36.2 Å². The molecule has 3 aliphatic carbocycles. The highest BCUT2D eigenvalue weighted by Crippen LogP contribution is 2.49. The highest BCUT2D eigenvalue weighted by atomic mass is 16.6. The number of benzene rings is 1. The molecule has 134 valence electrons. The number of aromatic hydroxyl groups is 2. The van der Waals surface area contributed by atoms with Crippen molar-refractivity contribution in [3.8, 4) is 11.5 Å². The molecular weight excluding hydrogens is 342 g/mol. The fraction of sp³-hybridized carbons (Fsp3) is 0.353. The summed E-state index contributed by atoms with van der Waals surface area (Å²) >= 11 is 0. The van der Waals surface area contributed by atoms with Crippen LogP contribution < -0.4 is 0 Å². The van der Waals surface area contributed by atoms with E-state index in [1.54, 1.807) is 0 Å². The van der Waals surface area contributed by atoms with E-state index in [4.69, 9.17) is 0 Å². The van der Waals surface area contributed by atoms with Gasteiger partial charge in [-0.15, -0.1) is 0 Å². The monoisotopic (exact) mass is 357 g/mol. The Morgan fingerprint density at radius 1 is 1.08 bits per heavy atom. The van der Waals surface area contributed by atoms with Gasteiger partial charge in [0.05, 0.1) is 23.0 Å². The lowest BCUT2D eigenvalue weighted by atomic mass is 9.63. The van der Waals surface area contributed by atoms with Crippen molar-refractivity contribution < 1.29 is 24.7 Å². The molecule has 1 aromatic carbocycles. The minimum Gasteiger partial charge on any atom is -0.507 e. The van der Waals surface area contributed by atoms with Gasteiger partial charge in [-0.25, -0.2) is 0 Å². The van der Waals surface area contributed by atoms with Gasteiger partial charge in [0.25, 0.3) is 11.8 Å². The first-order chi connectivity index (χ1) is 12.4. The Hall–Kier alpha value is -3.23. The number of phenolic OH excluding ortho intramolecular Hbond substituents is 2. The molecule has 2 amide bonds. The topological polar surface area (TPSA) is 133 Å². The van der Waals surface area contributed by atoms with Crippen LogP contribution in [0.2, 0.25) is 0 Å². The highest BCUT2D eigenvalue weighted by molar-refractivity contribution is 6.06. The van der Waals surface area contributed by atoms with Gasteiger partial charge >= 0.3 is 5.69 Å². The number of allylic oxidation sites excluding steroid dienone is 2. The van der Waals surface area contributed by atoms with Crippen molar-refractivity contribution in [2.75, 3.05) is 0 Å². The van der Waals surface area contributed by atoms with E-state index in [-0.39, 0.29) is 29.2 Å². The van der Waals surface area contributed by atoms with Crippen LogP contribution in [0.25, 0.3) is 0 Å². The lowest BCUT2D eigenvalue weighted by Crippen LogP contribution is -2.38. The van der Waals surface area contributed by atoms with Gasteiger partial charge in [-0.2, -0.15) is 10.1 Å². The maximum Gasteiger partial charge on any atom is 0.311 e. The number of hydrogen-bond donors (Lipinski definition) is 2. The molecule has 2 fully saturated rings. The Morgan fingerprint density at radius 2 is 1.65 bits per heavy atom. The van der Waals surface area contributed by atoms with Gasteiger partial charge in [0.1, 0.15) is 5.75 Å². The van der Waals surface area contributed by atoms with Crippen molar-refractivity contribution in [2.24, 2.45) is 28.8 Å². The SMILES string of the molecule is O=C1[C@H]2[C@H](C(=O)N1/N=C\c1cc([N+](=O)[O-])c(O)cc1O)[C@H]1C=C[C@H]2CC1. The molecule has 4 atom stereocenters. The standard InChI is InChI=1S/C17H15N3O6/c21-12-6-13(22)11(20(25)26)5-10(12)7-18-19-16(23)14-8-1-2-9(4-3-8)15(14)17(19)24/h1-2,5-9,14-15,21-22H,3-4H2/b18-7-/t8-,9-,14+,15+/m0/s1. The minimum atomic E-state index is -0.809. The van der Waals surface area contributed by atoms with Crippen LogP contribution in [0.15, 0.2) is 29.4 Å². The molecule has 1 saturated heterocycles. The molecule has 26 heavy (non-hydrogen) atoms. The second-order valence-electron chi connectivity index (χ2n) is 6.73. The molecule has 1 saturated carbocycles. The zero-order valence-corrected chi connectivity index (χ0v) is 13.5. The number of carbonyl (C=O) groups is 2. The first-order valence-electron chi connectivity index (χ1n) is 8.19. The molecule has 9 nitrogen and oxygen atoms in total. The Labute approximate surface area is 147 Å². The summed E-state index contributed by atoms with van der Waals surface area (Å²) in [6.07, 6.45) is 6.73. The molecule has 0 unspecified atom stereocenters. The van der Waals surface area contributed by atoms with Crippen molar-refractivity contribution in [1.29, 1.82) is 0 Å². The van der Waals surface area contributed by atoms with Crippen molar-refractivity contribution in [2.45, 2.75) is 12.8 Å². The predicted octanol–water partition coefficient (Wildman–Crippen LogP) is 1.54. The molecular formula is C17H15N3O6. The van der Waals surface area contributed by atoms with Crippen LogP contribution in [-0.2, 0) is 9.59 Å². The number of carbonyl (C=O) groups excluding carboxylic acids is 2. The molecule has 1 aromatic rings. The summed E-state index contributed by atoms with van der Waals surface area (Å²) < 4.78 is 0. The number of rotatable bonds is 3. The van der Waals surface area contributed by atoms with E-state index in [0.29, 0.717) is 0 Å². The quantitative estimate of drug-likeness (QED) is 0.277. The second kappa shape index (κ2) is 5.65. The summed E-state index contributed by atoms with van der Waals surface area (Å²) in [4.78, 5) is 35.3. The van der Waals surface area contributed by atoms with Crippen molar-refractivity contribution in [3.63, 3.8) is 0 Å². The Morgan fingerprint density at radius 3 is 2.15 bits per heavy atom. The summed E-state index contributed by atoms with van der Waals surface area (Å²) in [6, 6.07) is 1.74. The zero-order chi connectivity index (χ0) is 18.6. The fourth-order valence-corrected chi connectivity index (χ4v) is 4.12. The van der Waals surface area contributed by atoms with Crippen LogP contribution in [0.4, 0.5) is 5.69 Å². The van der Waals surface area contributed by atoms with Gasteiger partial charge in [0.15, 0.2) is 5.75 Å². The van der Waals surface area contributed by atoms with Crippen LogP contribution in [0, 0.1) is 33.8 Å². The maximum atomic E-state index is 12.6. The number of hydrazone groups is 1. The zero-order valence-electron chi connectivity index (χ0n) is 13.5. The molecule has 0 radical (unpaired) electrons. The first-order valence-corrected chi connectivity index (χ1v) is 8.19. The molecule has 2 N–H and O–H groups in total. The van der Waals surface area contributed by atoms with Crippen LogP contribution >= 0.6 is 0 Å². The summed E-state index contributed by atoms with van der Waals surface area (Å²) in [5, 5.41) is 34.9. The molecule has 0 spiro atoms. The molecule has 0 aromatic heterocycles. The number of fused-ring (bicyclic) bond motifs is 1. The van der Waals surface area contributed by atoms with Gasteiger partial charge in [-0.3, -0.25) is 19.7 Å². The number of hydrogen-bond acceptors (Lipinski definition) is 7. The fourth-order valence-electron chi connectivity index (χ4n) is 4.12. The largest absolute Gasteiger partial charge is 0.507 e. The average Bonchev–Trinajstić information content (AvgIpc) is 2.88. The molecule has 5 rings (SSSR count). The molecule has 1 heterocycles. The van der Waals surface area contributed by atoms with Crippen molar-refractivity contribution in [3.05, 3.63) is 40.0 Å². The number of amides is 2. The van der Waals surface area contributed by atoms with Crippen LogP contribution in [0.3, 0.4) is 0 Å². The number of nitro benzene ring substituents is 1. The van der Waals surface area contributed by atoms with Crippen molar-refractivity contribution >= 4 is 23.7 Å². The lowest BCUT2D eigenvalue weighted by Gasteiger charge is -2.37. The van der Waals surface area contributed by atoms with Crippen LogP contribution in [0.1, 0.15) is 18.4 Å². The van der Waals surface area contributed by atoms with Gasteiger partial charge in [-0.1, -0.05) is 12.2 Å². The van der Waals surface area contributed by atoms with Crippen molar-refractivity contribution in [1.82, 2.24) is 5.01 Å². The Balaban J connectivity index is 1.64. The van der Waals surface area contributed by atoms with Gasteiger partial charge in [-0.05, 0) is 24.7 Å². The van der Waals surface area contributed by atoms with E-state index in [9.17, 15) is 29.9 Å². The number of phenols is 2. The smallest absolute Gasteiger partial charge is 0.311 e. The van der Waals surface area contributed by atoms with E-state index in [2.05, 4.69) is 5.10 Å². The Bertz CT molecular complexity index is 861. The van der Waals surface area contributed by atoms with Gasteiger partial charge in [0, 0.05) is 17.7 Å². The first kappa shape index (κ1) is 16.2. The summed E-state index contributed by atoms with van der Waals surface area (Å²) in [5.41, 5.74) is -0.690. The third-order valence-corrected chi connectivity index (χ3v) is 5.37. The molecule has 4 aliphatic rings. The van der Waals surface area contributed by atoms with E-state index in [1.165, 1.54) is 0 Å². The van der Waals surface area contributed by atoms with Crippen LogP contribution in [0.5, 0.6) is 11.5 Å². The average molecular weight is 357 g/mol. The van der Waals surface area contributed by atoms with E-state index >= 15 is 0 Å². The third kappa shape index (κ3) is 2.27. The molecule has 9 heteroatoms. The normalized spacial score (nSPS) is 29.6. The van der Waals surface area contributed by atoms with Gasteiger partial charge in [0.2, 0.25) is 0 Å². The maximum absolute atomic E-state index is 12.6. The third-order valence-electron chi connectivity index (χ3n) is 5.37.